The summed E-state index contributed by atoms with van der Waals surface area (Å²) in [5.74, 6) is -2.05. The number of carboxylic acids is 1. The number of hydrogen-bond donors (Lipinski definition) is 3. The summed E-state index contributed by atoms with van der Waals surface area (Å²) in [6.45, 7) is 5.12. The minimum atomic E-state index is -4.27. The molecule has 1 saturated carbocycles. The summed E-state index contributed by atoms with van der Waals surface area (Å²) in [5, 5.41) is 22.9. The first-order valence-electron chi connectivity index (χ1n) is 11.5. The second kappa shape index (κ2) is 10.6. The molecule has 0 aliphatic heterocycles. The number of nitrogens with one attached hydrogen (secondary N) is 1. The van der Waals surface area contributed by atoms with Gasteiger partial charge in [0.05, 0.1) is 10.6 Å². The fraction of sp³-hybridized carbons (Fsp3) is 0.440. The Morgan fingerprint density at radius 2 is 1.74 bits per heavy atom. The third-order valence-electron chi connectivity index (χ3n) is 6.12. The van der Waals surface area contributed by atoms with E-state index in [-0.39, 0.29) is 21.9 Å². The summed E-state index contributed by atoms with van der Waals surface area (Å²) in [7, 11) is -4.27. The Labute approximate surface area is 211 Å². The van der Waals surface area contributed by atoms with Crippen LogP contribution in [0.4, 0.5) is 5.69 Å². The van der Waals surface area contributed by atoms with E-state index in [1.807, 2.05) is 0 Å². The molecule has 10 heteroatoms. The Morgan fingerprint density at radius 3 is 2.34 bits per heavy atom. The summed E-state index contributed by atoms with van der Waals surface area (Å²) in [6.07, 6.45) is 3.77. The normalized spacial score (nSPS) is 16.1. The van der Waals surface area contributed by atoms with E-state index >= 15 is 0 Å². The molecule has 2 aromatic rings. The number of nitrogens with zero attached hydrogens (tertiary/aromatic N) is 1. The summed E-state index contributed by atoms with van der Waals surface area (Å²) in [5.41, 5.74) is -0.745. The van der Waals surface area contributed by atoms with E-state index in [0.29, 0.717) is 17.9 Å². The van der Waals surface area contributed by atoms with Crippen LogP contribution < -0.4 is 5.32 Å². The largest absolute Gasteiger partial charge is 0.506 e. The van der Waals surface area contributed by atoms with E-state index in [2.05, 4.69) is 5.32 Å². The highest BCUT2D eigenvalue weighted by atomic mass is 35.5. The van der Waals surface area contributed by atoms with Crippen LogP contribution in [0, 0.1) is 5.41 Å². The molecule has 0 saturated heterocycles. The maximum atomic E-state index is 13.9. The van der Waals surface area contributed by atoms with Gasteiger partial charge in [0.25, 0.3) is 5.91 Å². The second-order valence-electron chi connectivity index (χ2n) is 9.88. The third-order valence-corrected chi connectivity index (χ3v) is 8.27. The number of phenolic OH excluding ortho intramolecular Hbond substituents is 1. The molecule has 35 heavy (non-hydrogen) atoms. The van der Waals surface area contributed by atoms with Gasteiger partial charge in [-0.05, 0) is 54.7 Å². The first-order valence-corrected chi connectivity index (χ1v) is 13.3. The van der Waals surface area contributed by atoms with E-state index in [9.17, 15) is 28.2 Å². The van der Waals surface area contributed by atoms with Crippen LogP contribution in [0.3, 0.4) is 0 Å². The first kappa shape index (κ1) is 27.0. The Balaban J connectivity index is 2.02. The molecule has 0 spiro atoms. The van der Waals surface area contributed by atoms with Crippen molar-refractivity contribution >= 4 is 39.2 Å². The van der Waals surface area contributed by atoms with E-state index < -0.39 is 39.4 Å². The van der Waals surface area contributed by atoms with E-state index in [1.165, 1.54) is 42.5 Å². The Kier molecular flexibility index (Phi) is 8.14. The second-order valence-corrected chi connectivity index (χ2v) is 12.2. The number of aliphatic carboxylic acids is 1. The van der Waals surface area contributed by atoms with Gasteiger partial charge in [-0.15, -0.1) is 0 Å². The van der Waals surface area contributed by atoms with Crippen molar-refractivity contribution in [3.8, 4) is 5.75 Å². The number of phenols is 1. The van der Waals surface area contributed by atoms with Crippen molar-refractivity contribution in [2.24, 2.45) is 5.41 Å². The van der Waals surface area contributed by atoms with E-state index in [0.717, 1.165) is 23.6 Å². The minimum Gasteiger partial charge on any atom is -0.506 e. The predicted molar refractivity (Wildman–Crippen MR) is 134 cm³/mol. The summed E-state index contributed by atoms with van der Waals surface area (Å²) < 4.78 is 29.0. The molecule has 3 rings (SSSR count). The number of sulfonamides is 1. The predicted octanol–water partition coefficient (Wildman–Crippen LogP) is 5.12. The quantitative estimate of drug-likeness (QED) is 0.433. The zero-order valence-corrected chi connectivity index (χ0v) is 21.6. The minimum absolute atomic E-state index is 0.0386. The SMILES string of the molecule is CC(C)(C)C(C(=O)O)N(C1CCCCC1)S(=O)(=O)c1cccc(C(=O)Nc2cc(Cl)ccc2O)c1. The highest BCUT2D eigenvalue weighted by Gasteiger charge is 2.46. The number of carbonyl (C=O) groups is 2. The molecule has 190 valence electrons. The molecule has 0 aromatic heterocycles. The Morgan fingerprint density at radius 1 is 1.09 bits per heavy atom. The number of halogens is 1. The number of carboxylic acid groups (broad SMARTS) is 1. The van der Waals surface area contributed by atoms with Crippen molar-refractivity contribution in [3.05, 3.63) is 53.1 Å². The van der Waals surface area contributed by atoms with E-state index in [1.54, 1.807) is 20.8 Å². The Bertz CT molecular complexity index is 1200. The van der Waals surface area contributed by atoms with Crippen LogP contribution >= 0.6 is 11.6 Å². The Hall–Kier alpha value is -2.62. The number of amides is 1. The highest BCUT2D eigenvalue weighted by molar-refractivity contribution is 7.89. The molecule has 2 aromatic carbocycles. The number of anilines is 1. The molecule has 0 heterocycles. The zero-order chi connectivity index (χ0) is 26.0. The molecule has 3 N–H and O–H groups in total. The van der Waals surface area contributed by atoms with Crippen LogP contribution in [-0.4, -0.2) is 46.9 Å². The molecule has 1 unspecified atom stereocenters. The number of benzene rings is 2. The molecule has 1 aliphatic carbocycles. The summed E-state index contributed by atoms with van der Waals surface area (Å²) in [6, 6.07) is 7.91. The monoisotopic (exact) mass is 522 g/mol. The lowest BCUT2D eigenvalue weighted by atomic mass is 9.84. The molecule has 1 fully saturated rings. The zero-order valence-electron chi connectivity index (χ0n) is 20.0. The third kappa shape index (κ3) is 6.15. The van der Waals surface area contributed by atoms with Gasteiger partial charge in [-0.1, -0.05) is 57.7 Å². The molecule has 1 amide bonds. The summed E-state index contributed by atoms with van der Waals surface area (Å²) in [4.78, 5) is 25.0. The van der Waals surface area contributed by atoms with Gasteiger partial charge in [0.15, 0.2) is 0 Å². The molecule has 1 aliphatic rings. The van der Waals surface area contributed by atoms with Crippen molar-refractivity contribution < 1.29 is 28.2 Å². The average molecular weight is 523 g/mol. The topological polar surface area (TPSA) is 124 Å². The van der Waals surface area contributed by atoms with Crippen LogP contribution in [0.15, 0.2) is 47.4 Å². The van der Waals surface area contributed by atoms with Gasteiger partial charge in [-0.2, -0.15) is 4.31 Å². The van der Waals surface area contributed by atoms with Gasteiger partial charge in [-0.25, -0.2) is 8.42 Å². The van der Waals surface area contributed by atoms with Crippen LogP contribution in [-0.2, 0) is 14.8 Å². The van der Waals surface area contributed by atoms with Gasteiger partial charge in [0, 0.05) is 16.6 Å². The number of rotatable bonds is 7. The lowest BCUT2D eigenvalue weighted by Gasteiger charge is -2.42. The standard InChI is InChI=1S/C25H31ClN2O6S/c1-25(2,3)22(24(31)32)28(18-9-5-4-6-10-18)35(33,34)19-11-7-8-16(14-19)23(30)27-20-15-17(26)12-13-21(20)29/h7-8,11-15,18,22,29H,4-6,9-10H2,1-3H3,(H,27,30)(H,31,32). The molecular formula is C25H31ClN2O6S. The molecule has 1 atom stereocenters. The van der Waals surface area contributed by atoms with Gasteiger partial charge >= 0.3 is 5.97 Å². The first-order chi connectivity index (χ1) is 16.3. The van der Waals surface area contributed by atoms with Gasteiger partial charge in [-0.3, -0.25) is 9.59 Å². The van der Waals surface area contributed by atoms with Crippen molar-refractivity contribution in [2.45, 2.75) is 69.9 Å². The van der Waals surface area contributed by atoms with Crippen molar-refractivity contribution in [1.29, 1.82) is 0 Å². The summed E-state index contributed by atoms with van der Waals surface area (Å²) >= 11 is 5.94. The molecule has 0 bridgehead atoms. The van der Waals surface area contributed by atoms with Crippen molar-refractivity contribution in [3.63, 3.8) is 0 Å². The molecule has 0 radical (unpaired) electrons. The number of hydrogen-bond acceptors (Lipinski definition) is 5. The average Bonchev–Trinajstić information content (AvgIpc) is 2.79. The fourth-order valence-corrected chi connectivity index (χ4v) is 6.69. The maximum Gasteiger partial charge on any atom is 0.322 e. The van der Waals surface area contributed by atoms with Crippen LogP contribution in [0.2, 0.25) is 5.02 Å². The lowest BCUT2D eigenvalue weighted by molar-refractivity contribution is -0.146. The maximum absolute atomic E-state index is 13.9. The van der Waals surface area contributed by atoms with Gasteiger partial charge in [0.1, 0.15) is 11.8 Å². The smallest absolute Gasteiger partial charge is 0.322 e. The number of carbonyl (C=O) groups excluding carboxylic acids is 1. The van der Waals surface area contributed by atoms with E-state index in [4.69, 9.17) is 11.6 Å². The molecular weight excluding hydrogens is 492 g/mol. The van der Waals surface area contributed by atoms with Crippen LogP contribution in [0.1, 0.15) is 63.2 Å². The van der Waals surface area contributed by atoms with Gasteiger partial charge in [0.2, 0.25) is 10.0 Å². The molecule has 8 nitrogen and oxygen atoms in total. The fourth-order valence-electron chi connectivity index (χ4n) is 4.46. The van der Waals surface area contributed by atoms with Crippen molar-refractivity contribution in [1.82, 2.24) is 4.31 Å². The van der Waals surface area contributed by atoms with Crippen LogP contribution in [0.25, 0.3) is 0 Å². The van der Waals surface area contributed by atoms with Crippen LogP contribution in [0.5, 0.6) is 5.75 Å². The van der Waals surface area contributed by atoms with Crippen molar-refractivity contribution in [2.75, 3.05) is 5.32 Å². The van der Waals surface area contributed by atoms with Gasteiger partial charge < -0.3 is 15.5 Å². The lowest BCUT2D eigenvalue weighted by Crippen LogP contribution is -2.56. The number of aromatic hydroxyl groups is 1. The highest BCUT2D eigenvalue weighted by Crippen LogP contribution is 2.36.